The molecule has 0 N–H and O–H groups in total. The number of epoxide rings is 1. The van der Waals surface area contributed by atoms with Gasteiger partial charge < -0.3 is 4.74 Å². The van der Waals surface area contributed by atoms with E-state index in [9.17, 15) is 4.79 Å². The summed E-state index contributed by atoms with van der Waals surface area (Å²) in [7, 11) is 0. The van der Waals surface area contributed by atoms with E-state index in [0.717, 1.165) is 18.5 Å². The van der Waals surface area contributed by atoms with Crippen molar-refractivity contribution < 1.29 is 9.53 Å². The second-order valence-electron chi connectivity index (χ2n) is 4.76. The number of aldehydes is 1. The SMILES string of the molecule is Cc1ccc(C2CO2)cc1.Cc1ccc(C=O)cc1. The molecule has 19 heavy (non-hydrogen) atoms. The van der Waals surface area contributed by atoms with Gasteiger partial charge in [-0.25, -0.2) is 0 Å². The molecule has 1 aliphatic rings. The first-order chi connectivity index (χ1) is 9.19. The molecule has 2 aromatic rings. The highest BCUT2D eigenvalue weighted by molar-refractivity contribution is 5.74. The van der Waals surface area contributed by atoms with Crippen LogP contribution in [0.4, 0.5) is 0 Å². The van der Waals surface area contributed by atoms with Crippen LogP contribution in [-0.2, 0) is 4.74 Å². The highest BCUT2D eigenvalue weighted by Gasteiger charge is 2.23. The molecule has 1 fully saturated rings. The van der Waals surface area contributed by atoms with Crippen LogP contribution in [0.5, 0.6) is 0 Å². The highest BCUT2D eigenvalue weighted by atomic mass is 16.6. The maximum atomic E-state index is 10.1. The lowest BCUT2D eigenvalue weighted by molar-refractivity contribution is 0.112. The zero-order valence-corrected chi connectivity index (χ0v) is 11.3. The molecule has 0 aromatic heterocycles. The average Bonchev–Trinajstić information content (AvgIpc) is 3.26. The van der Waals surface area contributed by atoms with Gasteiger partial charge in [-0.3, -0.25) is 4.79 Å². The number of hydrogen-bond donors (Lipinski definition) is 0. The molecular formula is C17H18O2. The molecule has 0 amide bonds. The maximum Gasteiger partial charge on any atom is 0.150 e. The molecule has 3 rings (SSSR count). The van der Waals surface area contributed by atoms with Crippen LogP contribution >= 0.6 is 0 Å². The number of aryl methyl sites for hydroxylation is 2. The van der Waals surface area contributed by atoms with Crippen molar-refractivity contribution in [2.24, 2.45) is 0 Å². The number of rotatable bonds is 2. The van der Waals surface area contributed by atoms with E-state index in [1.165, 1.54) is 16.7 Å². The van der Waals surface area contributed by atoms with Gasteiger partial charge in [0.2, 0.25) is 0 Å². The van der Waals surface area contributed by atoms with Gasteiger partial charge >= 0.3 is 0 Å². The molecule has 0 spiro atoms. The minimum absolute atomic E-state index is 0.403. The fourth-order valence-electron chi connectivity index (χ4n) is 1.67. The van der Waals surface area contributed by atoms with E-state index >= 15 is 0 Å². The monoisotopic (exact) mass is 254 g/mol. The van der Waals surface area contributed by atoms with Crippen LogP contribution < -0.4 is 0 Å². The van der Waals surface area contributed by atoms with Crippen molar-refractivity contribution in [3.63, 3.8) is 0 Å². The van der Waals surface area contributed by atoms with Crippen LogP contribution in [0.15, 0.2) is 48.5 Å². The molecule has 1 unspecified atom stereocenters. The summed E-state index contributed by atoms with van der Waals surface area (Å²) >= 11 is 0. The van der Waals surface area contributed by atoms with E-state index in [1.54, 1.807) is 0 Å². The van der Waals surface area contributed by atoms with Gasteiger partial charge in [0, 0.05) is 5.56 Å². The molecule has 1 aliphatic heterocycles. The van der Waals surface area contributed by atoms with E-state index in [0.29, 0.717) is 6.10 Å². The minimum Gasteiger partial charge on any atom is -0.368 e. The van der Waals surface area contributed by atoms with E-state index in [4.69, 9.17) is 4.74 Å². The van der Waals surface area contributed by atoms with Crippen molar-refractivity contribution in [1.29, 1.82) is 0 Å². The van der Waals surface area contributed by atoms with Crippen molar-refractivity contribution in [1.82, 2.24) is 0 Å². The number of carbonyl (C=O) groups is 1. The first-order valence-corrected chi connectivity index (χ1v) is 6.39. The summed E-state index contributed by atoms with van der Waals surface area (Å²) in [6, 6.07) is 16.0. The quantitative estimate of drug-likeness (QED) is 0.601. The predicted molar refractivity (Wildman–Crippen MR) is 76.4 cm³/mol. The van der Waals surface area contributed by atoms with Gasteiger partial charge in [0.1, 0.15) is 12.4 Å². The Morgan fingerprint density at radius 3 is 1.84 bits per heavy atom. The Balaban J connectivity index is 0.000000141. The van der Waals surface area contributed by atoms with Crippen LogP contribution in [0.2, 0.25) is 0 Å². The van der Waals surface area contributed by atoms with Crippen LogP contribution in [0.25, 0.3) is 0 Å². The molecule has 1 heterocycles. The molecule has 1 atom stereocenters. The Morgan fingerprint density at radius 1 is 0.947 bits per heavy atom. The van der Waals surface area contributed by atoms with Crippen molar-refractivity contribution in [3.8, 4) is 0 Å². The van der Waals surface area contributed by atoms with Crippen LogP contribution in [0.1, 0.15) is 33.2 Å². The van der Waals surface area contributed by atoms with Crippen LogP contribution in [0, 0.1) is 13.8 Å². The number of carbonyl (C=O) groups excluding carboxylic acids is 1. The van der Waals surface area contributed by atoms with Crippen LogP contribution in [-0.4, -0.2) is 12.9 Å². The van der Waals surface area contributed by atoms with Gasteiger partial charge in [0.15, 0.2) is 0 Å². The molecular weight excluding hydrogens is 236 g/mol. The highest BCUT2D eigenvalue weighted by Crippen LogP contribution is 2.29. The fraction of sp³-hybridized carbons (Fsp3) is 0.235. The Hall–Kier alpha value is -1.93. The van der Waals surface area contributed by atoms with Gasteiger partial charge in [0.05, 0.1) is 6.61 Å². The average molecular weight is 254 g/mol. The summed E-state index contributed by atoms with van der Waals surface area (Å²) < 4.78 is 5.13. The summed E-state index contributed by atoms with van der Waals surface area (Å²) in [5, 5.41) is 0. The summed E-state index contributed by atoms with van der Waals surface area (Å²) in [5.41, 5.74) is 4.54. The molecule has 1 saturated heterocycles. The number of benzene rings is 2. The zero-order chi connectivity index (χ0) is 13.7. The summed E-state index contributed by atoms with van der Waals surface area (Å²) in [6.07, 6.45) is 1.25. The Morgan fingerprint density at radius 2 is 1.42 bits per heavy atom. The topological polar surface area (TPSA) is 29.6 Å². The lowest BCUT2D eigenvalue weighted by Crippen LogP contribution is -1.79. The summed E-state index contributed by atoms with van der Waals surface area (Å²) in [4.78, 5) is 10.1. The van der Waals surface area contributed by atoms with E-state index < -0.39 is 0 Å². The lowest BCUT2D eigenvalue weighted by atomic mass is 10.1. The zero-order valence-electron chi connectivity index (χ0n) is 11.3. The van der Waals surface area contributed by atoms with Gasteiger partial charge in [-0.05, 0) is 19.4 Å². The van der Waals surface area contributed by atoms with Crippen molar-refractivity contribution in [2.75, 3.05) is 6.61 Å². The number of ether oxygens (including phenoxy) is 1. The van der Waals surface area contributed by atoms with E-state index in [-0.39, 0.29) is 0 Å². The first-order valence-electron chi connectivity index (χ1n) is 6.39. The maximum absolute atomic E-state index is 10.1. The Kier molecular flexibility index (Phi) is 4.48. The van der Waals surface area contributed by atoms with Crippen molar-refractivity contribution in [2.45, 2.75) is 20.0 Å². The second kappa shape index (κ2) is 6.30. The van der Waals surface area contributed by atoms with Crippen molar-refractivity contribution >= 4 is 6.29 Å². The molecule has 2 heteroatoms. The van der Waals surface area contributed by atoms with Crippen LogP contribution in [0.3, 0.4) is 0 Å². The molecule has 2 nitrogen and oxygen atoms in total. The van der Waals surface area contributed by atoms with Gasteiger partial charge in [-0.2, -0.15) is 0 Å². The summed E-state index contributed by atoms with van der Waals surface area (Å²) in [6.45, 7) is 5.00. The third kappa shape index (κ3) is 4.34. The Labute approximate surface area is 114 Å². The number of hydrogen-bond acceptors (Lipinski definition) is 2. The predicted octanol–water partition coefficient (Wildman–Crippen LogP) is 3.87. The largest absolute Gasteiger partial charge is 0.368 e. The lowest BCUT2D eigenvalue weighted by Gasteiger charge is -1.94. The normalized spacial score (nSPS) is 16.2. The third-order valence-electron chi connectivity index (χ3n) is 3.00. The minimum atomic E-state index is 0.403. The molecule has 2 aromatic carbocycles. The van der Waals surface area contributed by atoms with Gasteiger partial charge in [-0.1, -0.05) is 59.7 Å². The molecule has 0 bridgehead atoms. The smallest absolute Gasteiger partial charge is 0.150 e. The van der Waals surface area contributed by atoms with Crippen molar-refractivity contribution in [3.05, 3.63) is 70.8 Å². The molecule has 0 radical (unpaired) electrons. The van der Waals surface area contributed by atoms with E-state index in [1.807, 2.05) is 31.2 Å². The Bertz CT molecular complexity index is 522. The van der Waals surface area contributed by atoms with Gasteiger partial charge in [0.25, 0.3) is 0 Å². The molecule has 0 aliphatic carbocycles. The third-order valence-corrected chi connectivity index (χ3v) is 3.00. The molecule has 0 saturated carbocycles. The summed E-state index contributed by atoms with van der Waals surface area (Å²) in [5.74, 6) is 0. The molecule has 98 valence electrons. The van der Waals surface area contributed by atoms with E-state index in [2.05, 4.69) is 31.2 Å². The van der Waals surface area contributed by atoms with Gasteiger partial charge in [-0.15, -0.1) is 0 Å². The second-order valence-corrected chi connectivity index (χ2v) is 4.76. The first kappa shape index (κ1) is 13.5. The standard InChI is InChI=1S/C9H10O.C8H8O/c1-7-2-4-8(5-3-7)9-6-10-9;1-7-2-4-8(6-9)5-3-7/h2-5,9H,6H2,1H3;2-6H,1H3. The fourth-order valence-corrected chi connectivity index (χ4v) is 1.67.